The maximum absolute atomic E-state index is 12.4. The van der Waals surface area contributed by atoms with E-state index in [-0.39, 0.29) is 23.7 Å². The maximum Gasteiger partial charge on any atom is 0.316 e. The summed E-state index contributed by atoms with van der Waals surface area (Å²) >= 11 is 1.30. The summed E-state index contributed by atoms with van der Waals surface area (Å²) in [7, 11) is 1.36. The minimum Gasteiger partial charge on any atom is -0.468 e. The molecule has 136 valence electrons. The molecular weight excluding hydrogens is 344 g/mol. The molecule has 1 atom stereocenters. The molecule has 0 radical (unpaired) electrons. The van der Waals surface area contributed by atoms with Crippen molar-refractivity contribution in [2.45, 2.75) is 24.0 Å². The molecule has 25 heavy (non-hydrogen) atoms. The zero-order chi connectivity index (χ0) is 17.6. The van der Waals surface area contributed by atoms with Crippen LogP contribution in [0.2, 0.25) is 0 Å². The number of piperazine rings is 1. The number of aromatic nitrogens is 2. The molecule has 0 spiro atoms. The normalized spacial score (nSPS) is 20.6. The summed E-state index contributed by atoms with van der Waals surface area (Å²) in [5.74, 6) is 0.779. The van der Waals surface area contributed by atoms with Crippen LogP contribution in [0.25, 0.3) is 0 Å². The van der Waals surface area contributed by atoms with Crippen LogP contribution in [0.3, 0.4) is 0 Å². The first kappa shape index (κ1) is 17.9. The SMILES string of the molecule is COC(=O)CSc1cncc(N2CCN(C(=O)C3CCCO3)CC2)n1. The van der Waals surface area contributed by atoms with Crippen LogP contribution in [0.15, 0.2) is 17.4 Å². The topological polar surface area (TPSA) is 84.9 Å². The highest BCUT2D eigenvalue weighted by molar-refractivity contribution is 7.99. The molecule has 1 aromatic heterocycles. The molecule has 0 saturated carbocycles. The Morgan fingerprint density at radius 1 is 1.32 bits per heavy atom. The van der Waals surface area contributed by atoms with Crippen molar-refractivity contribution < 1.29 is 19.1 Å². The van der Waals surface area contributed by atoms with Crippen LogP contribution in [0.4, 0.5) is 5.82 Å². The van der Waals surface area contributed by atoms with E-state index >= 15 is 0 Å². The molecule has 2 fully saturated rings. The van der Waals surface area contributed by atoms with E-state index in [9.17, 15) is 9.59 Å². The van der Waals surface area contributed by atoms with Crippen molar-refractivity contribution in [3.05, 3.63) is 12.4 Å². The third kappa shape index (κ3) is 4.60. The third-order valence-electron chi connectivity index (χ3n) is 4.29. The van der Waals surface area contributed by atoms with E-state index in [0.29, 0.717) is 37.8 Å². The van der Waals surface area contributed by atoms with Gasteiger partial charge in [0.05, 0.1) is 25.3 Å². The molecule has 8 nitrogen and oxygen atoms in total. The smallest absolute Gasteiger partial charge is 0.316 e. The zero-order valence-corrected chi connectivity index (χ0v) is 15.0. The first-order chi connectivity index (χ1) is 12.2. The number of amides is 1. The highest BCUT2D eigenvalue weighted by Crippen LogP contribution is 2.21. The van der Waals surface area contributed by atoms with Gasteiger partial charge in [0.1, 0.15) is 16.9 Å². The summed E-state index contributed by atoms with van der Waals surface area (Å²) in [4.78, 5) is 36.3. The molecule has 0 N–H and O–H groups in total. The van der Waals surface area contributed by atoms with Crippen molar-refractivity contribution in [1.29, 1.82) is 0 Å². The number of hydrogen-bond acceptors (Lipinski definition) is 8. The second-order valence-electron chi connectivity index (χ2n) is 5.89. The van der Waals surface area contributed by atoms with Crippen LogP contribution < -0.4 is 4.90 Å². The lowest BCUT2D eigenvalue weighted by molar-refractivity contribution is -0.141. The molecule has 0 aliphatic carbocycles. The van der Waals surface area contributed by atoms with Crippen molar-refractivity contribution in [1.82, 2.24) is 14.9 Å². The Balaban J connectivity index is 1.53. The average molecular weight is 366 g/mol. The fourth-order valence-electron chi connectivity index (χ4n) is 2.88. The van der Waals surface area contributed by atoms with Crippen LogP contribution >= 0.6 is 11.8 Å². The van der Waals surface area contributed by atoms with Crippen LogP contribution in [-0.4, -0.2) is 78.5 Å². The number of nitrogens with zero attached hydrogens (tertiary/aromatic N) is 4. The molecule has 2 aliphatic heterocycles. The van der Waals surface area contributed by atoms with Crippen molar-refractivity contribution in [2.75, 3.05) is 50.5 Å². The molecule has 1 amide bonds. The van der Waals surface area contributed by atoms with Crippen molar-refractivity contribution in [3.8, 4) is 0 Å². The predicted octanol–water partition coefficient (Wildman–Crippen LogP) is 0.569. The lowest BCUT2D eigenvalue weighted by atomic mass is 10.2. The van der Waals surface area contributed by atoms with Gasteiger partial charge in [-0.25, -0.2) is 4.98 Å². The van der Waals surface area contributed by atoms with E-state index in [2.05, 4.69) is 19.6 Å². The van der Waals surface area contributed by atoms with Crippen LogP contribution in [0.1, 0.15) is 12.8 Å². The average Bonchev–Trinajstić information content (AvgIpc) is 3.20. The predicted molar refractivity (Wildman–Crippen MR) is 92.5 cm³/mol. The first-order valence-corrected chi connectivity index (χ1v) is 9.33. The monoisotopic (exact) mass is 366 g/mol. The second-order valence-corrected chi connectivity index (χ2v) is 6.89. The molecule has 2 saturated heterocycles. The number of carbonyl (C=O) groups is 2. The number of ether oxygens (including phenoxy) is 2. The highest BCUT2D eigenvalue weighted by atomic mass is 32.2. The van der Waals surface area contributed by atoms with Crippen LogP contribution in [-0.2, 0) is 19.1 Å². The number of anilines is 1. The summed E-state index contributed by atoms with van der Waals surface area (Å²) in [6.45, 7) is 3.40. The Morgan fingerprint density at radius 2 is 2.12 bits per heavy atom. The molecule has 3 rings (SSSR count). The van der Waals surface area contributed by atoms with E-state index in [1.165, 1.54) is 18.9 Å². The largest absolute Gasteiger partial charge is 0.468 e. The summed E-state index contributed by atoms with van der Waals surface area (Å²) in [6, 6.07) is 0. The number of methoxy groups -OCH3 is 1. The third-order valence-corrected chi connectivity index (χ3v) is 5.16. The van der Waals surface area contributed by atoms with Gasteiger partial charge in [-0.1, -0.05) is 11.8 Å². The van der Waals surface area contributed by atoms with Gasteiger partial charge in [-0.05, 0) is 12.8 Å². The molecule has 3 heterocycles. The number of esters is 1. The Bertz CT molecular complexity index is 616. The van der Waals surface area contributed by atoms with Gasteiger partial charge >= 0.3 is 5.97 Å². The number of rotatable bonds is 5. The van der Waals surface area contributed by atoms with Gasteiger partial charge in [0.2, 0.25) is 0 Å². The van der Waals surface area contributed by atoms with Gasteiger partial charge in [-0.15, -0.1) is 0 Å². The molecule has 1 unspecified atom stereocenters. The standard InChI is InChI=1S/C16H22N4O4S/c1-23-15(21)11-25-14-10-17-9-13(18-14)19-4-6-20(7-5-19)16(22)12-3-2-8-24-12/h9-10,12H,2-8,11H2,1H3. The molecule has 2 aliphatic rings. The lowest BCUT2D eigenvalue weighted by Crippen LogP contribution is -2.51. The van der Waals surface area contributed by atoms with E-state index in [0.717, 1.165) is 18.7 Å². The van der Waals surface area contributed by atoms with Gasteiger partial charge in [-0.2, -0.15) is 0 Å². The number of carbonyl (C=O) groups excluding carboxylic acids is 2. The zero-order valence-electron chi connectivity index (χ0n) is 14.2. The Labute approximate surface area is 150 Å². The van der Waals surface area contributed by atoms with Crippen LogP contribution in [0, 0.1) is 0 Å². The summed E-state index contributed by atoms with van der Waals surface area (Å²) < 4.78 is 10.1. The van der Waals surface area contributed by atoms with Crippen molar-refractivity contribution in [3.63, 3.8) is 0 Å². The minimum atomic E-state index is -0.293. The fourth-order valence-corrected chi connectivity index (χ4v) is 3.56. The maximum atomic E-state index is 12.4. The quantitative estimate of drug-likeness (QED) is 0.552. The van der Waals surface area contributed by atoms with Gasteiger partial charge < -0.3 is 19.3 Å². The summed E-state index contributed by atoms with van der Waals surface area (Å²) in [6.07, 6.45) is 4.87. The van der Waals surface area contributed by atoms with E-state index < -0.39 is 0 Å². The fraction of sp³-hybridized carbons (Fsp3) is 0.625. The molecule has 0 aromatic carbocycles. The van der Waals surface area contributed by atoms with Crippen LogP contribution in [0.5, 0.6) is 0 Å². The Kier molecular flexibility index (Phi) is 6.09. The number of hydrogen-bond donors (Lipinski definition) is 0. The minimum absolute atomic E-state index is 0.102. The highest BCUT2D eigenvalue weighted by Gasteiger charge is 2.30. The van der Waals surface area contributed by atoms with Crippen molar-refractivity contribution in [2.24, 2.45) is 0 Å². The molecule has 0 bridgehead atoms. The molecular formula is C16H22N4O4S. The Hall–Kier alpha value is -1.87. The number of thioether (sulfide) groups is 1. The van der Waals surface area contributed by atoms with Gasteiger partial charge in [-0.3, -0.25) is 14.6 Å². The van der Waals surface area contributed by atoms with Gasteiger partial charge in [0.25, 0.3) is 5.91 Å². The van der Waals surface area contributed by atoms with E-state index in [1.54, 1.807) is 12.4 Å². The molecule has 9 heteroatoms. The summed E-state index contributed by atoms with van der Waals surface area (Å²) in [5.41, 5.74) is 0. The lowest BCUT2D eigenvalue weighted by Gasteiger charge is -2.36. The van der Waals surface area contributed by atoms with Gasteiger partial charge in [0, 0.05) is 32.8 Å². The Morgan fingerprint density at radius 3 is 2.80 bits per heavy atom. The summed E-state index contributed by atoms with van der Waals surface area (Å²) in [5, 5.41) is 0.681. The first-order valence-electron chi connectivity index (χ1n) is 8.34. The van der Waals surface area contributed by atoms with Gasteiger partial charge in [0.15, 0.2) is 0 Å². The van der Waals surface area contributed by atoms with E-state index in [1.807, 2.05) is 4.90 Å². The molecule has 1 aromatic rings. The second kappa shape index (κ2) is 8.48. The van der Waals surface area contributed by atoms with E-state index in [4.69, 9.17) is 4.74 Å². The van der Waals surface area contributed by atoms with Crippen molar-refractivity contribution >= 4 is 29.5 Å².